The van der Waals surface area contributed by atoms with Crippen LogP contribution in [0.2, 0.25) is 0 Å². The van der Waals surface area contributed by atoms with E-state index in [1.165, 1.54) is 17.2 Å². The lowest BCUT2D eigenvalue weighted by molar-refractivity contribution is 0.407. The maximum Gasteiger partial charge on any atom is 0.328 e. The first-order valence-corrected chi connectivity index (χ1v) is 4.70. The van der Waals surface area contributed by atoms with Crippen molar-refractivity contribution in [1.29, 1.82) is 0 Å². The lowest BCUT2D eigenvalue weighted by atomic mass is 10.5. The molecule has 0 amide bonds. The molecule has 0 saturated heterocycles. The van der Waals surface area contributed by atoms with E-state index >= 15 is 0 Å². The molecule has 0 aliphatic rings. The van der Waals surface area contributed by atoms with Gasteiger partial charge in [-0.2, -0.15) is 4.98 Å². The Labute approximate surface area is 90.9 Å². The number of aromatic amines is 1. The van der Waals surface area contributed by atoms with Crippen LogP contribution in [0.1, 0.15) is 5.82 Å². The van der Waals surface area contributed by atoms with Crippen LogP contribution < -0.4 is 11.2 Å². The molecule has 0 bridgehead atoms. The van der Waals surface area contributed by atoms with Crippen LogP contribution in [0.3, 0.4) is 0 Å². The van der Waals surface area contributed by atoms with Crippen molar-refractivity contribution in [2.45, 2.75) is 6.54 Å². The molecule has 7 nitrogen and oxygen atoms in total. The molecule has 0 spiro atoms. The Morgan fingerprint density at radius 2 is 2.33 bits per heavy atom. The highest BCUT2D eigenvalue weighted by molar-refractivity contribution is 9.10. The SMILES string of the molecule is O=c1[nH]c(=O)n(Cc2ncon2)cc1Br. The molecule has 0 fully saturated rings. The summed E-state index contributed by atoms with van der Waals surface area (Å²) in [6.07, 6.45) is 2.54. The highest BCUT2D eigenvalue weighted by Crippen LogP contribution is 1.99. The van der Waals surface area contributed by atoms with E-state index in [1.54, 1.807) is 0 Å². The van der Waals surface area contributed by atoms with Crippen LogP contribution in [0.5, 0.6) is 0 Å². The van der Waals surface area contributed by atoms with Crippen LogP contribution in [0.25, 0.3) is 0 Å². The Morgan fingerprint density at radius 3 is 3.00 bits per heavy atom. The van der Waals surface area contributed by atoms with Crippen LogP contribution in [-0.4, -0.2) is 19.7 Å². The second-order valence-corrected chi connectivity index (χ2v) is 3.57. The Bertz CT molecular complexity index is 571. The number of hydrogen-bond acceptors (Lipinski definition) is 5. The molecular weight excluding hydrogens is 268 g/mol. The third kappa shape index (κ3) is 2.04. The van der Waals surface area contributed by atoms with Gasteiger partial charge in [0.25, 0.3) is 5.56 Å². The molecule has 0 aliphatic heterocycles. The van der Waals surface area contributed by atoms with Crippen molar-refractivity contribution in [3.63, 3.8) is 0 Å². The fraction of sp³-hybridized carbons (Fsp3) is 0.143. The maximum atomic E-state index is 11.3. The summed E-state index contributed by atoms with van der Waals surface area (Å²) in [5.74, 6) is 0.357. The highest BCUT2D eigenvalue weighted by Gasteiger charge is 2.05. The van der Waals surface area contributed by atoms with E-state index in [1.807, 2.05) is 0 Å². The van der Waals surface area contributed by atoms with Crippen molar-refractivity contribution < 1.29 is 4.52 Å². The molecule has 1 N–H and O–H groups in total. The minimum absolute atomic E-state index is 0.144. The zero-order valence-electron chi connectivity index (χ0n) is 7.31. The van der Waals surface area contributed by atoms with Gasteiger partial charge >= 0.3 is 5.69 Å². The monoisotopic (exact) mass is 272 g/mol. The average Bonchev–Trinajstić information content (AvgIpc) is 2.67. The van der Waals surface area contributed by atoms with Gasteiger partial charge in [-0.25, -0.2) is 4.79 Å². The first-order chi connectivity index (χ1) is 7.16. The predicted octanol–water partition coefficient (Wildman–Crippen LogP) is -0.270. The summed E-state index contributed by atoms with van der Waals surface area (Å²) < 4.78 is 6.05. The average molecular weight is 273 g/mol. The van der Waals surface area contributed by atoms with Crippen molar-refractivity contribution in [3.05, 3.63) is 43.7 Å². The fourth-order valence-electron chi connectivity index (χ4n) is 1.01. The number of halogens is 1. The Balaban J connectivity index is 2.42. The Hall–Kier alpha value is -1.70. The zero-order valence-corrected chi connectivity index (χ0v) is 8.89. The molecule has 2 heterocycles. The van der Waals surface area contributed by atoms with E-state index in [9.17, 15) is 9.59 Å². The summed E-state index contributed by atoms with van der Waals surface area (Å²) >= 11 is 3.02. The fourth-order valence-corrected chi connectivity index (χ4v) is 1.36. The van der Waals surface area contributed by atoms with Crippen molar-refractivity contribution in [2.75, 3.05) is 0 Å². The van der Waals surface area contributed by atoms with Crippen LogP contribution >= 0.6 is 15.9 Å². The molecule has 8 heteroatoms. The van der Waals surface area contributed by atoms with Gasteiger partial charge in [0.1, 0.15) is 0 Å². The van der Waals surface area contributed by atoms with Gasteiger partial charge in [0.2, 0.25) is 6.39 Å². The molecule has 0 unspecified atom stereocenters. The number of hydrogen-bond donors (Lipinski definition) is 1. The van der Waals surface area contributed by atoms with Crippen molar-refractivity contribution >= 4 is 15.9 Å². The molecule has 78 valence electrons. The molecule has 0 aromatic carbocycles. The molecule has 2 rings (SSSR count). The largest absolute Gasteiger partial charge is 0.343 e. The van der Waals surface area contributed by atoms with Crippen LogP contribution in [0, 0.1) is 0 Å². The zero-order chi connectivity index (χ0) is 10.8. The van der Waals surface area contributed by atoms with Crippen LogP contribution in [0.4, 0.5) is 0 Å². The van der Waals surface area contributed by atoms with Gasteiger partial charge in [-0.05, 0) is 15.9 Å². The van der Waals surface area contributed by atoms with Crippen LogP contribution in [-0.2, 0) is 6.54 Å². The first-order valence-electron chi connectivity index (χ1n) is 3.91. The quantitative estimate of drug-likeness (QED) is 0.812. The second kappa shape index (κ2) is 3.81. The summed E-state index contributed by atoms with van der Waals surface area (Å²) in [7, 11) is 0. The molecular formula is C7H5BrN4O3. The van der Waals surface area contributed by atoms with Gasteiger partial charge in [0, 0.05) is 6.20 Å². The molecule has 0 atom stereocenters. The molecule has 0 radical (unpaired) electrons. The Morgan fingerprint density at radius 1 is 1.53 bits per heavy atom. The smallest absolute Gasteiger partial charge is 0.328 e. The number of aromatic nitrogens is 4. The van der Waals surface area contributed by atoms with E-state index < -0.39 is 11.2 Å². The van der Waals surface area contributed by atoms with Gasteiger partial charge in [-0.3, -0.25) is 14.3 Å². The van der Waals surface area contributed by atoms with Crippen LogP contribution in [0.15, 0.2) is 31.2 Å². The van der Waals surface area contributed by atoms with E-state index in [2.05, 4.69) is 35.6 Å². The van der Waals surface area contributed by atoms with Crippen molar-refractivity contribution in [2.24, 2.45) is 0 Å². The number of nitrogens with zero attached hydrogens (tertiary/aromatic N) is 3. The lowest BCUT2D eigenvalue weighted by Crippen LogP contribution is -2.30. The van der Waals surface area contributed by atoms with Gasteiger partial charge in [-0.15, -0.1) is 0 Å². The minimum Gasteiger partial charge on any atom is -0.343 e. The number of rotatable bonds is 2. The van der Waals surface area contributed by atoms with Crippen molar-refractivity contribution in [3.8, 4) is 0 Å². The molecule has 2 aromatic heterocycles. The maximum absolute atomic E-state index is 11.3. The first kappa shape index (κ1) is 9.84. The molecule has 15 heavy (non-hydrogen) atoms. The molecule has 0 aliphatic carbocycles. The standard InChI is InChI=1S/C7H5BrN4O3/c8-4-1-12(7(14)10-6(4)13)2-5-9-3-15-11-5/h1,3H,2H2,(H,10,13,14). The van der Waals surface area contributed by atoms with E-state index in [-0.39, 0.29) is 11.0 Å². The number of nitrogens with one attached hydrogen (secondary N) is 1. The minimum atomic E-state index is -0.520. The van der Waals surface area contributed by atoms with E-state index in [4.69, 9.17) is 0 Å². The normalized spacial score (nSPS) is 10.5. The Kier molecular flexibility index (Phi) is 2.50. The van der Waals surface area contributed by atoms with E-state index in [0.717, 1.165) is 0 Å². The summed E-state index contributed by atoms with van der Waals surface area (Å²) in [6, 6.07) is 0. The molecule has 2 aromatic rings. The topological polar surface area (TPSA) is 93.8 Å². The highest BCUT2D eigenvalue weighted by atomic mass is 79.9. The van der Waals surface area contributed by atoms with Gasteiger partial charge in [0.15, 0.2) is 5.82 Å². The summed E-state index contributed by atoms with van der Waals surface area (Å²) in [5.41, 5.74) is -0.989. The summed E-state index contributed by atoms with van der Waals surface area (Å²) in [6.45, 7) is 0.144. The third-order valence-corrected chi connectivity index (χ3v) is 2.25. The van der Waals surface area contributed by atoms with E-state index in [0.29, 0.717) is 5.82 Å². The van der Waals surface area contributed by atoms with Gasteiger partial charge in [0.05, 0.1) is 11.0 Å². The summed E-state index contributed by atoms with van der Waals surface area (Å²) in [4.78, 5) is 28.2. The molecule has 0 saturated carbocycles. The third-order valence-electron chi connectivity index (χ3n) is 1.69. The van der Waals surface area contributed by atoms with Gasteiger partial charge < -0.3 is 4.52 Å². The summed E-state index contributed by atoms with van der Waals surface area (Å²) in [5, 5.41) is 3.55. The number of H-pyrrole nitrogens is 1. The lowest BCUT2D eigenvalue weighted by Gasteiger charge is -2.00. The second-order valence-electron chi connectivity index (χ2n) is 2.71. The van der Waals surface area contributed by atoms with Gasteiger partial charge in [-0.1, -0.05) is 5.16 Å². The van der Waals surface area contributed by atoms with Crippen molar-refractivity contribution in [1.82, 2.24) is 19.7 Å². The predicted molar refractivity (Wildman–Crippen MR) is 52.4 cm³/mol.